The van der Waals surface area contributed by atoms with Gasteiger partial charge in [0.15, 0.2) is 0 Å². The third kappa shape index (κ3) is 15.5. The number of alkyl halides is 2. The van der Waals surface area contributed by atoms with Gasteiger partial charge in [0.05, 0.1) is 0 Å². The van der Waals surface area contributed by atoms with E-state index in [1.54, 1.807) is 0 Å². The predicted molar refractivity (Wildman–Crippen MR) is 63.4 cm³/mol. The maximum atomic E-state index is 11.5. The second kappa shape index (κ2) is 12.1. The lowest BCUT2D eigenvalue weighted by atomic mass is 10.1. The van der Waals surface area contributed by atoms with E-state index >= 15 is 0 Å². The standard InChI is InChI=1S/C7H11F2NO.C5H12/c1-5(7(10)11)3-2-4-6(8)9;1-3-5-4-2/h6H,1-4H2,(H2,10,11);3-5H2,1-2H3. The third-order valence-electron chi connectivity index (χ3n) is 1.96. The zero-order valence-corrected chi connectivity index (χ0v) is 10.3. The van der Waals surface area contributed by atoms with Crippen LogP contribution in [0.5, 0.6) is 0 Å². The molecule has 0 aliphatic heterocycles. The van der Waals surface area contributed by atoms with Crippen LogP contribution in [0.15, 0.2) is 12.2 Å². The maximum absolute atomic E-state index is 11.5. The molecule has 96 valence electrons. The summed E-state index contributed by atoms with van der Waals surface area (Å²) in [6, 6.07) is 0. The minimum Gasteiger partial charge on any atom is -0.366 e. The van der Waals surface area contributed by atoms with Crippen molar-refractivity contribution in [3.63, 3.8) is 0 Å². The normalized spacial score (nSPS) is 9.56. The van der Waals surface area contributed by atoms with Gasteiger partial charge in [0.2, 0.25) is 12.3 Å². The summed E-state index contributed by atoms with van der Waals surface area (Å²) in [5.74, 6) is -0.612. The van der Waals surface area contributed by atoms with Crippen molar-refractivity contribution in [2.75, 3.05) is 0 Å². The maximum Gasteiger partial charge on any atom is 0.244 e. The largest absolute Gasteiger partial charge is 0.366 e. The van der Waals surface area contributed by atoms with Crippen LogP contribution < -0.4 is 5.73 Å². The minimum absolute atomic E-state index is 0.202. The highest BCUT2D eigenvalue weighted by atomic mass is 19.3. The molecular formula is C12H23F2NO. The van der Waals surface area contributed by atoms with Crippen LogP contribution in [0, 0.1) is 0 Å². The van der Waals surface area contributed by atoms with Crippen LogP contribution >= 0.6 is 0 Å². The molecule has 0 bridgehead atoms. The molecule has 0 aromatic heterocycles. The van der Waals surface area contributed by atoms with E-state index in [9.17, 15) is 13.6 Å². The van der Waals surface area contributed by atoms with E-state index in [-0.39, 0.29) is 24.8 Å². The molecule has 0 aromatic carbocycles. The minimum atomic E-state index is -2.31. The van der Waals surface area contributed by atoms with Crippen molar-refractivity contribution >= 4 is 5.91 Å². The van der Waals surface area contributed by atoms with Gasteiger partial charge in [-0.15, -0.1) is 0 Å². The third-order valence-corrected chi connectivity index (χ3v) is 1.96. The summed E-state index contributed by atoms with van der Waals surface area (Å²) in [6.07, 6.45) is 2.09. The number of carbonyl (C=O) groups is 1. The number of rotatable bonds is 7. The highest BCUT2D eigenvalue weighted by Gasteiger charge is 2.04. The fraction of sp³-hybridized carbons (Fsp3) is 0.750. The van der Waals surface area contributed by atoms with Crippen molar-refractivity contribution in [2.24, 2.45) is 5.73 Å². The van der Waals surface area contributed by atoms with Gasteiger partial charge in [-0.2, -0.15) is 0 Å². The van der Waals surface area contributed by atoms with Gasteiger partial charge in [-0.05, 0) is 12.8 Å². The van der Waals surface area contributed by atoms with Crippen molar-refractivity contribution in [1.29, 1.82) is 0 Å². The SMILES string of the molecule is C=C(CCCC(F)F)C(N)=O.CCCCC. The van der Waals surface area contributed by atoms with Crippen LogP contribution in [0.2, 0.25) is 0 Å². The first-order valence-corrected chi connectivity index (χ1v) is 5.71. The highest BCUT2D eigenvalue weighted by molar-refractivity contribution is 5.91. The van der Waals surface area contributed by atoms with Gasteiger partial charge >= 0.3 is 0 Å². The molecule has 1 amide bonds. The molecule has 16 heavy (non-hydrogen) atoms. The second-order valence-corrected chi connectivity index (χ2v) is 3.60. The number of hydrogen-bond donors (Lipinski definition) is 1. The molecule has 0 aliphatic rings. The van der Waals surface area contributed by atoms with Gasteiger partial charge in [-0.3, -0.25) is 4.79 Å². The molecule has 2 N–H and O–H groups in total. The van der Waals surface area contributed by atoms with Crippen LogP contribution in [-0.2, 0) is 4.79 Å². The molecule has 0 saturated carbocycles. The lowest BCUT2D eigenvalue weighted by molar-refractivity contribution is -0.114. The molecule has 0 aliphatic carbocycles. The first-order chi connectivity index (χ1) is 7.45. The Bertz CT molecular complexity index is 191. The lowest BCUT2D eigenvalue weighted by Crippen LogP contribution is -2.13. The molecule has 2 nitrogen and oxygen atoms in total. The van der Waals surface area contributed by atoms with E-state index < -0.39 is 12.3 Å². The molecule has 0 fully saturated rings. The van der Waals surface area contributed by atoms with Gasteiger partial charge in [-0.25, -0.2) is 8.78 Å². The zero-order chi connectivity index (χ0) is 13.0. The van der Waals surface area contributed by atoms with Crippen molar-refractivity contribution in [3.8, 4) is 0 Å². The van der Waals surface area contributed by atoms with Crippen molar-refractivity contribution in [1.82, 2.24) is 0 Å². The van der Waals surface area contributed by atoms with E-state index in [1.807, 2.05) is 0 Å². The number of nitrogens with two attached hydrogens (primary N) is 1. The number of carbonyl (C=O) groups excluding carboxylic acids is 1. The first-order valence-electron chi connectivity index (χ1n) is 5.71. The summed E-state index contributed by atoms with van der Waals surface area (Å²) < 4.78 is 23.1. The molecule has 0 unspecified atom stereocenters. The van der Waals surface area contributed by atoms with Crippen molar-refractivity contribution in [3.05, 3.63) is 12.2 Å². The molecule has 0 spiro atoms. The fourth-order valence-corrected chi connectivity index (χ4v) is 0.947. The van der Waals surface area contributed by atoms with Crippen LogP contribution in [0.1, 0.15) is 52.4 Å². The van der Waals surface area contributed by atoms with E-state index in [0.717, 1.165) is 0 Å². The molecule has 0 saturated heterocycles. The van der Waals surface area contributed by atoms with Crippen LogP contribution in [0.25, 0.3) is 0 Å². The highest BCUT2D eigenvalue weighted by Crippen LogP contribution is 2.09. The van der Waals surface area contributed by atoms with E-state index in [0.29, 0.717) is 0 Å². The van der Waals surface area contributed by atoms with E-state index in [4.69, 9.17) is 5.73 Å². The number of halogens is 2. The predicted octanol–water partition coefficient (Wildman–Crippen LogP) is 3.66. The summed E-state index contributed by atoms with van der Waals surface area (Å²) in [6.45, 7) is 7.76. The zero-order valence-electron chi connectivity index (χ0n) is 10.3. The Morgan fingerprint density at radius 3 is 2.00 bits per heavy atom. The Kier molecular flexibility index (Phi) is 13.3. The van der Waals surface area contributed by atoms with E-state index in [1.165, 1.54) is 19.3 Å². The monoisotopic (exact) mass is 235 g/mol. The summed E-state index contributed by atoms with van der Waals surface area (Å²) in [7, 11) is 0. The van der Waals surface area contributed by atoms with Gasteiger partial charge in [0, 0.05) is 12.0 Å². The average Bonchev–Trinajstić information content (AvgIpc) is 2.19. The Morgan fingerprint density at radius 1 is 1.25 bits per heavy atom. The number of hydrogen-bond acceptors (Lipinski definition) is 1. The molecular weight excluding hydrogens is 212 g/mol. The van der Waals surface area contributed by atoms with Crippen LogP contribution in [0.4, 0.5) is 8.78 Å². The molecule has 0 rings (SSSR count). The summed E-state index contributed by atoms with van der Waals surface area (Å²) >= 11 is 0. The molecule has 0 aromatic rings. The number of unbranched alkanes of at least 4 members (excludes halogenated alkanes) is 2. The number of primary amides is 1. The molecule has 0 heterocycles. The fourth-order valence-electron chi connectivity index (χ4n) is 0.947. The van der Waals surface area contributed by atoms with Gasteiger partial charge in [-0.1, -0.05) is 39.7 Å². The Labute approximate surface area is 96.9 Å². The van der Waals surface area contributed by atoms with Gasteiger partial charge in [0.25, 0.3) is 0 Å². The Balaban J connectivity index is 0. The molecule has 0 radical (unpaired) electrons. The first kappa shape index (κ1) is 17.5. The summed E-state index contributed by atoms with van der Waals surface area (Å²) in [5, 5.41) is 0. The second-order valence-electron chi connectivity index (χ2n) is 3.60. The summed E-state index contributed by atoms with van der Waals surface area (Å²) in [5.41, 5.74) is 5.04. The smallest absolute Gasteiger partial charge is 0.244 e. The van der Waals surface area contributed by atoms with Gasteiger partial charge in [0.1, 0.15) is 0 Å². The van der Waals surface area contributed by atoms with Crippen LogP contribution in [0.3, 0.4) is 0 Å². The average molecular weight is 235 g/mol. The molecule has 4 heteroatoms. The van der Waals surface area contributed by atoms with Crippen molar-refractivity contribution in [2.45, 2.75) is 58.8 Å². The number of amides is 1. The quantitative estimate of drug-likeness (QED) is 0.672. The summed E-state index contributed by atoms with van der Waals surface area (Å²) in [4.78, 5) is 10.3. The van der Waals surface area contributed by atoms with E-state index in [2.05, 4.69) is 20.4 Å². The van der Waals surface area contributed by atoms with Crippen molar-refractivity contribution < 1.29 is 13.6 Å². The van der Waals surface area contributed by atoms with Crippen LogP contribution in [-0.4, -0.2) is 12.3 Å². The molecule has 0 atom stereocenters. The Hall–Kier alpha value is -0.930. The Morgan fingerprint density at radius 2 is 1.75 bits per heavy atom. The lowest BCUT2D eigenvalue weighted by Gasteiger charge is -1.99. The van der Waals surface area contributed by atoms with Gasteiger partial charge < -0.3 is 5.73 Å². The topological polar surface area (TPSA) is 43.1 Å².